The molecule has 6 heteroatoms. The van der Waals surface area contributed by atoms with Gasteiger partial charge in [0, 0.05) is 0 Å². The molecule has 0 aromatic heterocycles. The molecule has 0 N–H and O–H groups in total. The van der Waals surface area contributed by atoms with E-state index in [-0.39, 0.29) is 10.8 Å². The molecular formula is C27H40O4SSi. The standard InChI is InChI=1S/C27H40O4SSi/c1-19(2)25(31-33(20(3)4,21(5)6)22(7)8)27(26(30-27)23-15-11-9-12-16-23)32(28,29)24-17-13-10-14-18-24/h9-22,25-26H,1-8H3/t25-,26+,27+/m0/s1. The monoisotopic (exact) mass is 488 g/mol. The molecular weight excluding hydrogens is 448 g/mol. The molecule has 1 saturated heterocycles. The van der Waals surface area contributed by atoms with Crippen molar-refractivity contribution in [1.29, 1.82) is 0 Å². The molecule has 0 bridgehead atoms. The zero-order valence-electron chi connectivity index (χ0n) is 21.3. The van der Waals surface area contributed by atoms with Gasteiger partial charge in [0.1, 0.15) is 6.10 Å². The second-order valence-electron chi connectivity index (χ2n) is 10.5. The van der Waals surface area contributed by atoms with Gasteiger partial charge >= 0.3 is 0 Å². The van der Waals surface area contributed by atoms with Crippen molar-refractivity contribution in [3.63, 3.8) is 0 Å². The van der Waals surface area contributed by atoms with Crippen LogP contribution in [0.3, 0.4) is 0 Å². The van der Waals surface area contributed by atoms with Crippen LogP contribution in [0.15, 0.2) is 65.6 Å². The van der Waals surface area contributed by atoms with Gasteiger partial charge in [0.2, 0.25) is 23.1 Å². The fourth-order valence-electron chi connectivity index (χ4n) is 5.75. The third kappa shape index (κ3) is 4.35. The van der Waals surface area contributed by atoms with Crippen molar-refractivity contribution in [3.8, 4) is 0 Å². The van der Waals surface area contributed by atoms with Gasteiger partial charge in [0.15, 0.2) is 0 Å². The van der Waals surface area contributed by atoms with Crippen LogP contribution in [0.25, 0.3) is 0 Å². The lowest BCUT2D eigenvalue weighted by atomic mass is 9.99. The third-order valence-corrected chi connectivity index (χ3v) is 15.6. The Morgan fingerprint density at radius 3 is 1.67 bits per heavy atom. The Kier molecular flexibility index (Phi) is 7.64. The highest BCUT2D eigenvalue weighted by Crippen LogP contribution is 2.61. The predicted octanol–water partition coefficient (Wildman–Crippen LogP) is 7.14. The maximum absolute atomic E-state index is 14.3. The summed E-state index contributed by atoms with van der Waals surface area (Å²) >= 11 is 0. The molecule has 3 atom stereocenters. The first-order valence-corrected chi connectivity index (χ1v) is 15.8. The summed E-state index contributed by atoms with van der Waals surface area (Å²) in [6, 6.07) is 18.4. The number of hydrogen-bond donors (Lipinski definition) is 0. The van der Waals surface area contributed by atoms with Crippen LogP contribution in [0.1, 0.15) is 67.1 Å². The average Bonchev–Trinajstić information content (AvgIpc) is 3.52. The second-order valence-corrected chi connectivity index (χ2v) is 18.1. The van der Waals surface area contributed by atoms with Crippen molar-refractivity contribution < 1.29 is 17.6 Å². The van der Waals surface area contributed by atoms with Gasteiger partial charge in [-0.1, -0.05) is 104 Å². The van der Waals surface area contributed by atoms with Crippen LogP contribution >= 0.6 is 0 Å². The Labute approximate surface area is 201 Å². The van der Waals surface area contributed by atoms with Crippen molar-refractivity contribution in [2.45, 2.75) is 94.0 Å². The van der Waals surface area contributed by atoms with Gasteiger partial charge in [-0.15, -0.1) is 0 Å². The van der Waals surface area contributed by atoms with Gasteiger partial charge < -0.3 is 9.16 Å². The molecule has 0 aliphatic carbocycles. The normalized spacial score (nSPS) is 22.4. The van der Waals surface area contributed by atoms with Crippen LogP contribution in [0, 0.1) is 5.92 Å². The van der Waals surface area contributed by atoms with E-state index in [1.54, 1.807) is 24.3 Å². The molecule has 1 aliphatic heterocycles. The van der Waals surface area contributed by atoms with E-state index in [4.69, 9.17) is 9.16 Å². The summed E-state index contributed by atoms with van der Waals surface area (Å²) in [4.78, 5) is -1.16. The van der Waals surface area contributed by atoms with Crippen molar-refractivity contribution >= 4 is 18.2 Å². The van der Waals surface area contributed by atoms with E-state index in [9.17, 15) is 8.42 Å². The van der Waals surface area contributed by atoms with Gasteiger partial charge in [0.05, 0.1) is 11.0 Å². The molecule has 1 aliphatic rings. The molecule has 2 aromatic carbocycles. The Bertz CT molecular complexity index is 997. The largest absolute Gasteiger partial charge is 0.409 e. The van der Waals surface area contributed by atoms with Crippen molar-refractivity contribution in [2.75, 3.05) is 0 Å². The maximum Gasteiger partial charge on any atom is 0.229 e. The zero-order valence-corrected chi connectivity index (χ0v) is 23.1. The van der Waals surface area contributed by atoms with Gasteiger partial charge in [-0.05, 0) is 40.2 Å². The van der Waals surface area contributed by atoms with Crippen LogP contribution in [0.5, 0.6) is 0 Å². The lowest BCUT2D eigenvalue weighted by Gasteiger charge is -2.46. The summed E-state index contributed by atoms with van der Waals surface area (Å²) in [6.45, 7) is 17.5. The molecule has 0 radical (unpaired) electrons. The number of ether oxygens (including phenoxy) is 1. The van der Waals surface area contributed by atoms with Crippen molar-refractivity contribution in [2.24, 2.45) is 5.92 Å². The molecule has 1 heterocycles. The highest BCUT2D eigenvalue weighted by Gasteiger charge is 2.73. The molecule has 182 valence electrons. The van der Waals surface area contributed by atoms with Gasteiger partial charge in [-0.25, -0.2) is 8.42 Å². The Balaban J connectivity index is 2.21. The first-order chi connectivity index (χ1) is 15.4. The highest BCUT2D eigenvalue weighted by molar-refractivity contribution is 7.93. The van der Waals surface area contributed by atoms with Crippen molar-refractivity contribution in [1.82, 2.24) is 0 Å². The SMILES string of the molecule is CC(C)[C@H](O[Si](C(C)C)(C(C)C)C(C)C)[C@]1(S(=O)(=O)c2ccccc2)O[C@@H]1c1ccccc1. The van der Waals surface area contributed by atoms with E-state index in [1.807, 2.05) is 36.4 Å². The van der Waals surface area contributed by atoms with Crippen LogP contribution in [-0.2, 0) is 19.0 Å². The highest BCUT2D eigenvalue weighted by atomic mass is 32.2. The lowest BCUT2D eigenvalue weighted by molar-refractivity contribution is 0.0790. The number of epoxide rings is 1. The number of hydrogen-bond acceptors (Lipinski definition) is 4. The van der Waals surface area contributed by atoms with Gasteiger partial charge in [-0.3, -0.25) is 0 Å². The van der Waals surface area contributed by atoms with E-state index in [0.717, 1.165) is 5.56 Å². The molecule has 4 nitrogen and oxygen atoms in total. The quantitative estimate of drug-likeness (QED) is 0.263. The number of benzene rings is 2. The molecule has 0 saturated carbocycles. The second kappa shape index (κ2) is 9.65. The fourth-order valence-corrected chi connectivity index (χ4v) is 13.7. The predicted molar refractivity (Wildman–Crippen MR) is 137 cm³/mol. The minimum absolute atomic E-state index is 0.0414. The molecule has 0 unspecified atom stereocenters. The van der Waals surface area contributed by atoms with Crippen molar-refractivity contribution in [3.05, 3.63) is 66.2 Å². The first kappa shape index (κ1) is 26.1. The van der Waals surface area contributed by atoms with Crippen LogP contribution in [-0.4, -0.2) is 27.8 Å². The minimum atomic E-state index is -3.84. The Hall–Kier alpha value is -1.47. The van der Waals surface area contributed by atoms with E-state index < -0.39 is 35.3 Å². The summed E-state index contributed by atoms with van der Waals surface area (Å²) in [5.74, 6) is -0.0414. The molecule has 1 fully saturated rings. The molecule has 0 amide bonds. The Morgan fingerprint density at radius 2 is 1.24 bits per heavy atom. The summed E-state index contributed by atoms with van der Waals surface area (Å²) in [5.41, 5.74) is 1.88. The molecule has 2 aromatic rings. The molecule has 33 heavy (non-hydrogen) atoms. The number of sulfone groups is 1. The summed E-state index contributed by atoms with van der Waals surface area (Å²) in [6.07, 6.45) is -1.14. The topological polar surface area (TPSA) is 55.9 Å². The smallest absolute Gasteiger partial charge is 0.229 e. The minimum Gasteiger partial charge on any atom is -0.409 e. The lowest BCUT2D eigenvalue weighted by Crippen LogP contribution is -2.56. The van der Waals surface area contributed by atoms with Crippen LogP contribution < -0.4 is 0 Å². The number of rotatable bonds is 10. The fraction of sp³-hybridized carbons (Fsp3) is 0.556. The molecule has 3 rings (SSSR count). The third-order valence-electron chi connectivity index (χ3n) is 7.23. The van der Waals surface area contributed by atoms with E-state index >= 15 is 0 Å². The van der Waals surface area contributed by atoms with Gasteiger partial charge in [0.25, 0.3) is 0 Å². The van der Waals surface area contributed by atoms with Gasteiger partial charge in [-0.2, -0.15) is 0 Å². The summed E-state index contributed by atoms with van der Waals surface area (Å²) < 4.78 is 42.0. The summed E-state index contributed by atoms with van der Waals surface area (Å²) in [7, 11) is -6.22. The Morgan fingerprint density at radius 1 is 0.788 bits per heavy atom. The van der Waals surface area contributed by atoms with E-state index in [0.29, 0.717) is 16.6 Å². The van der Waals surface area contributed by atoms with Crippen LogP contribution in [0.2, 0.25) is 16.6 Å². The maximum atomic E-state index is 14.3. The molecule has 0 spiro atoms. The first-order valence-electron chi connectivity index (χ1n) is 12.1. The summed E-state index contributed by atoms with van der Waals surface area (Å²) in [5, 5.41) is 0. The average molecular weight is 489 g/mol. The van der Waals surface area contributed by atoms with Crippen LogP contribution in [0.4, 0.5) is 0 Å². The van der Waals surface area contributed by atoms with E-state index in [1.165, 1.54) is 0 Å². The zero-order chi connectivity index (χ0) is 24.6. The van der Waals surface area contributed by atoms with E-state index in [2.05, 4.69) is 55.4 Å².